The molecule has 0 rings (SSSR count). The van der Waals surface area contributed by atoms with Gasteiger partial charge in [-0.3, -0.25) is 0 Å². The van der Waals surface area contributed by atoms with Crippen LogP contribution in [0.3, 0.4) is 0 Å². The highest BCUT2D eigenvalue weighted by Gasteiger charge is 2.55. The normalized spacial score (nSPS) is 15.4. The zero-order valence-corrected chi connectivity index (χ0v) is 10.6. The van der Waals surface area contributed by atoms with Crippen LogP contribution in [0.15, 0.2) is 0 Å². The topological polar surface area (TPSA) is 102 Å². The van der Waals surface area contributed by atoms with E-state index >= 15 is 0 Å². The first-order valence-corrected chi connectivity index (χ1v) is 9.01. The van der Waals surface area contributed by atoms with Gasteiger partial charge in [-0.15, -0.1) is 0 Å². The molecule has 6 nitrogen and oxygen atoms in total. The molecule has 0 aromatic rings. The molecule has 0 fully saturated rings. The molecule has 14 heavy (non-hydrogen) atoms. The van der Waals surface area contributed by atoms with E-state index in [4.69, 9.17) is 0 Å². The summed E-state index contributed by atoms with van der Waals surface area (Å²) < 4.78 is 64.4. The second-order valence-electron chi connectivity index (χ2n) is 3.18. The molecule has 0 heterocycles. The molecule has 0 unspecified atom stereocenters. The van der Waals surface area contributed by atoms with Crippen LogP contribution in [0.2, 0.25) is 0 Å². The number of hydrogen-bond donors (Lipinski definition) is 0. The first-order chi connectivity index (χ1) is 5.75. The number of hydrogen-bond acceptors (Lipinski definition) is 6. The van der Waals surface area contributed by atoms with Gasteiger partial charge < -0.3 is 0 Å². The molecule has 0 amide bonds. The Morgan fingerprint density at radius 1 is 0.643 bits per heavy atom. The molecular weight excluding hydrogens is 252 g/mol. The Kier molecular flexibility index (Phi) is 3.14. The Morgan fingerprint density at radius 3 is 0.786 bits per heavy atom. The van der Waals surface area contributed by atoms with Crippen molar-refractivity contribution < 1.29 is 25.3 Å². The van der Waals surface area contributed by atoms with Crippen LogP contribution in [0, 0.1) is 0 Å². The maximum atomic E-state index is 11.2. The van der Waals surface area contributed by atoms with E-state index in [1.165, 1.54) is 0 Å². The standard InChI is InChI=1S/C5H12O6S3/c1-5(12(2,6)7,13(3,8)9)14(4,10)11/h1-4H3. The minimum atomic E-state index is -4.26. The van der Waals surface area contributed by atoms with Crippen LogP contribution in [0.1, 0.15) is 6.92 Å². The van der Waals surface area contributed by atoms with Gasteiger partial charge in [-0.05, 0) is 6.92 Å². The Balaban J connectivity index is 6.41. The lowest BCUT2D eigenvalue weighted by atomic mass is 10.9. The van der Waals surface area contributed by atoms with Crippen molar-refractivity contribution in [2.24, 2.45) is 0 Å². The SMILES string of the molecule is CC(S(C)(=O)=O)(S(C)(=O)=O)S(C)(=O)=O. The van der Waals surface area contributed by atoms with Crippen LogP contribution in [0.5, 0.6) is 0 Å². The van der Waals surface area contributed by atoms with Crippen LogP contribution in [0.25, 0.3) is 0 Å². The smallest absolute Gasteiger partial charge is 0.226 e. The van der Waals surface area contributed by atoms with Crippen molar-refractivity contribution in [3.63, 3.8) is 0 Å². The Morgan fingerprint density at radius 2 is 0.786 bits per heavy atom. The lowest BCUT2D eigenvalue weighted by Gasteiger charge is -2.23. The van der Waals surface area contributed by atoms with Crippen molar-refractivity contribution in [1.29, 1.82) is 0 Å². The maximum absolute atomic E-state index is 11.2. The Labute approximate surface area is 84.1 Å². The Hall–Kier alpha value is -0.150. The maximum Gasteiger partial charge on any atom is 0.268 e. The minimum Gasteiger partial charge on any atom is -0.226 e. The van der Waals surface area contributed by atoms with E-state index in [1.54, 1.807) is 0 Å². The van der Waals surface area contributed by atoms with E-state index in [9.17, 15) is 25.3 Å². The summed E-state index contributed by atoms with van der Waals surface area (Å²) in [4.78, 5) is 0. The van der Waals surface area contributed by atoms with Crippen LogP contribution >= 0.6 is 0 Å². The Bertz CT molecular complexity index is 441. The van der Waals surface area contributed by atoms with Crippen LogP contribution in [-0.2, 0) is 29.5 Å². The van der Waals surface area contributed by atoms with Crippen LogP contribution < -0.4 is 0 Å². The lowest BCUT2D eigenvalue weighted by Crippen LogP contribution is -2.48. The second-order valence-corrected chi connectivity index (χ2v) is 11.0. The zero-order valence-electron chi connectivity index (χ0n) is 8.17. The van der Waals surface area contributed by atoms with Gasteiger partial charge in [0.1, 0.15) is 0 Å². The van der Waals surface area contributed by atoms with E-state index in [0.717, 1.165) is 0 Å². The highest BCUT2D eigenvalue weighted by atomic mass is 32.3. The van der Waals surface area contributed by atoms with Crippen LogP contribution in [-0.4, -0.2) is 47.4 Å². The third-order valence-corrected chi connectivity index (χ3v) is 11.5. The van der Waals surface area contributed by atoms with Gasteiger partial charge in [0.15, 0.2) is 29.5 Å². The molecule has 0 N–H and O–H groups in total. The fourth-order valence-corrected chi connectivity index (χ4v) is 7.42. The first kappa shape index (κ1) is 13.8. The second kappa shape index (κ2) is 3.17. The van der Waals surface area contributed by atoms with Gasteiger partial charge in [-0.1, -0.05) is 0 Å². The van der Waals surface area contributed by atoms with E-state index in [1.807, 2.05) is 0 Å². The van der Waals surface area contributed by atoms with Crippen molar-refractivity contribution in [3.8, 4) is 0 Å². The van der Waals surface area contributed by atoms with Gasteiger partial charge in [-0.25, -0.2) is 25.3 Å². The van der Waals surface area contributed by atoms with Crippen molar-refractivity contribution in [1.82, 2.24) is 0 Å². The molecule has 0 spiro atoms. The summed E-state index contributed by atoms with van der Waals surface area (Å²) in [6.07, 6.45) is 1.74. The predicted octanol–water partition coefficient (Wildman–Crippen LogP) is -1.21. The minimum absolute atomic E-state index is 0.578. The lowest BCUT2D eigenvalue weighted by molar-refractivity contribution is 0.562. The van der Waals surface area contributed by atoms with Crippen molar-refractivity contribution >= 4 is 29.5 Å². The average Bonchev–Trinajstić information content (AvgIpc) is 1.77. The fraction of sp³-hybridized carbons (Fsp3) is 1.00. The monoisotopic (exact) mass is 264 g/mol. The molecule has 0 atom stereocenters. The fourth-order valence-electron chi connectivity index (χ4n) is 0.825. The molecule has 86 valence electrons. The quantitative estimate of drug-likeness (QED) is 0.634. The molecule has 0 aliphatic rings. The van der Waals surface area contributed by atoms with E-state index < -0.39 is 32.9 Å². The molecular formula is C5H12O6S3. The largest absolute Gasteiger partial charge is 0.268 e. The van der Waals surface area contributed by atoms with Crippen molar-refractivity contribution in [2.75, 3.05) is 18.8 Å². The molecule has 0 bridgehead atoms. The summed E-state index contributed by atoms with van der Waals surface area (Å²) in [5, 5.41) is 0. The first-order valence-electron chi connectivity index (χ1n) is 3.34. The van der Waals surface area contributed by atoms with Gasteiger partial charge in [0.25, 0.3) is 3.41 Å². The molecule has 0 saturated heterocycles. The molecule has 0 aliphatic carbocycles. The summed E-state index contributed by atoms with van der Waals surface area (Å²) in [6.45, 7) is 0.674. The molecule has 0 saturated carbocycles. The molecule has 0 radical (unpaired) electrons. The van der Waals surface area contributed by atoms with Gasteiger partial charge >= 0.3 is 0 Å². The van der Waals surface area contributed by atoms with Crippen LogP contribution in [0.4, 0.5) is 0 Å². The summed E-state index contributed by atoms with van der Waals surface area (Å²) in [5.41, 5.74) is 0. The van der Waals surface area contributed by atoms with Gasteiger partial charge in [0.05, 0.1) is 0 Å². The van der Waals surface area contributed by atoms with Gasteiger partial charge in [0.2, 0.25) is 0 Å². The van der Waals surface area contributed by atoms with E-state index in [-0.39, 0.29) is 0 Å². The number of sulfone groups is 3. The average molecular weight is 264 g/mol. The predicted molar refractivity (Wildman–Crippen MR) is 52.9 cm³/mol. The van der Waals surface area contributed by atoms with Gasteiger partial charge in [0, 0.05) is 18.8 Å². The highest BCUT2D eigenvalue weighted by Crippen LogP contribution is 2.28. The molecule has 0 aromatic carbocycles. The third-order valence-electron chi connectivity index (χ3n) is 2.02. The molecule has 0 aromatic heterocycles. The zero-order chi connectivity index (χ0) is 12.0. The van der Waals surface area contributed by atoms with Crippen molar-refractivity contribution in [2.45, 2.75) is 10.3 Å². The van der Waals surface area contributed by atoms with Gasteiger partial charge in [-0.2, -0.15) is 0 Å². The molecule has 0 aliphatic heterocycles. The third kappa shape index (κ3) is 1.94. The summed E-state index contributed by atoms with van der Waals surface area (Å²) in [6, 6.07) is 0. The summed E-state index contributed by atoms with van der Waals surface area (Å²) in [7, 11) is -12.8. The summed E-state index contributed by atoms with van der Waals surface area (Å²) >= 11 is 0. The summed E-state index contributed by atoms with van der Waals surface area (Å²) in [5.74, 6) is 0. The number of rotatable bonds is 3. The van der Waals surface area contributed by atoms with E-state index in [2.05, 4.69) is 0 Å². The highest BCUT2D eigenvalue weighted by molar-refractivity contribution is 8.25. The van der Waals surface area contributed by atoms with Crippen molar-refractivity contribution in [3.05, 3.63) is 0 Å². The molecule has 9 heteroatoms. The van der Waals surface area contributed by atoms with E-state index in [0.29, 0.717) is 25.7 Å².